The molecule has 0 fully saturated rings. The van der Waals surface area contributed by atoms with E-state index in [9.17, 15) is 0 Å². The molecule has 0 aromatic heterocycles. The second-order valence-electron chi connectivity index (χ2n) is 2.49. The van der Waals surface area contributed by atoms with E-state index >= 15 is 0 Å². The maximum absolute atomic E-state index is 9.12. The minimum atomic E-state index is -0.764. The number of aliphatic hydroxyl groups excluding tert-OH is 1. The predicted octanol–water partition coefficient (Wildman–Crippen LogP) is 0.0582. The van der Waals surface area contributed by atoms with E-state index in [-0.39, 0.29) is 0 Å². The Hall–Kier alpha value is -0.340. The highest BCUT2D eigenvalue weighted by atomic mass is 16.3. The first kappa shape index (κ1) is 5.79. The van der Waals surface area contributed by atoms with Crippen molar-refractivity contribution in [2.45, 2.75) is 25.0 Å². The molecule has 0 heterocycles. The second kappa shape index (κ2) is 1.57. The fraction of sp³-hybridized carbons (Fsp3) is 0.667. The van der Waals surface area contributed by atoms with E-state index < -0.39 is 11.7 Å². The van der Waals surface area contributed by atoms with Crippen molar-refractivity contribution in [3.05, 3.63) is 12.2 Å². The van der Waals surface area contributed by atoms with Gasteiger partial charge in [0.05, 0.1) is 11.7 Å². The fourth-order valence-corrected chi connectivity index (χ4v) is 0.878. The van der Waals surface area contributed by atoms with Gasteiger partial charge in [0, 0.05) is 6.42 Å². The summed E-state index contributed by atoms with van der Waals surface area (Å²) in [6, 6.07) is 0. The van der Waals surface area contributed by atoms with Gasteiger partial charge in [-0.3, -0.25) is 0 Å². The molecule has 46 valence electrons. The predicted molar refractivity (Wildman–Crippen MR) is 30.4 cm³/mol. The Balaban J connectivity index is 2.58. The molecule has 2 atom stereocenters. The molecule has 0 radical (unpaired) electrons. The molecule has 0 saturated heterocycles. The van der Waals surface area contributed by atoms with Gasteiger partial charge >= 0.3 is 0 Å². The Bertz CT molecular complexity index is 116. The van der Waals surface area contributed by atoms with Crippen molar-refractivity contribution in [3.63, 3.8) is 0 Å². The van der Waals surface area contributed by atoms with Crippen molar-refractivity contribution in [2.24, 2.45) is 0 Å². The van der Waals surface area contributed by atoms with Crippen molar-refractivity contribution in [1.82, 2.24) is 0 Å². The van der Waals surface area contributed by atoms with E-state index in [0.717, 1.165) is 0 Å². The van der Waals surface area contributed by atoms with E-state index in [2.05, 4.69) is 0 Å². The van der Waals surface area contributed by atoms with Crippen LogP contribution < -0.4 is 0 Å². The number of rotatable bonds is 0. The molecule has 1 rings (SSSR count). The molecule has 0 amide bonds. The number of hydrogen-bond donors (Lipinski definition) is 2. The van der Waals surface area contributed by atoms with Crippen molar-refractivity contribution in [1.29, 1.82) is 0 Å². The Labute approximate surface area is 48.5 Å². The maximum atomic E-state index is 9.12. The third-order valence-electron chi connectivity index (χ3n) is 1.30. The van der Waals surface area contributed by atoms with Crippen LogP contribution in [0, 0.1) is 0 Å². The average Bonchev–Trinajstić information content (AvgIpc) is 1.82. The molecule has 8 heavy (non-hydrogen) atoms. The van der Waals surface area contributed by atoms with Crippen LogP contribution >= 0.6 is 0 Å². The zero-order valence-corrected chi connectivity index (χ0v) is 4.83. The minimum Gasteiger partial charge on any atom is -0.389 e. The molecule has 0 spiro atoms. The normalized spacial score (nSPS) is 45.6. The smallest absolute Gasteiger partial charge is 0.0828 e. The highest BCUT2D eigenvalue weighted by Gasteiger charge is 2.25. The molecule has 2 nitrogen and oxygen atoms in total. The van der Waals surface area contributed by atoms with E-state index in [0.29, 0.717) is 6.42 Å². The van der Waals surface area contributed by atoms with Crippen LogP contribution in [0.3, 0.4) is 0 Å². The SMILES string of the molecule is C[C@@]1(O)C=C[C@H](O)C1. The molecular weight excluding hydrogens is 104 g/mol. The van der Waals surface area contributed by atoms with Crippen molar-refractivity contribution in [3.8, 4) is 0 Å². The second-order valence-corrected chi connectivity index (χ2v) is 2.49. The van der Waals surface area contributed by atoms with Gasteiger partial charge < -0.3 is 10.2 Å². The third-order valence-corrected chi connectivity index (χ3v) is 1.30. The Morgan fingerprint density at radius 1 is 1.75 bits per heavy atom. The summed E-state index contributed by atoms with van der Waals surface area (Å²) in [7, 11) is 0. The topological polar surface area (TPSA) is 40.5 Å². The minimum absolute atomic E-state index is 0.438. The van der Waals surface area contributed by atoms with Gasteiger partial charge in [0.15, 0.2) is 0 Å². The molecule has 0 unspecified atom stereocenters. The van der Waals surface area contributed by atoms with Gasteiger partial charge in [-0.25, -0.2) is 0 Å². The molecule has 0 bridgehead atoms. The first-order valence-corrected chi connectivity index (χ1v) is 2.70. The first-order valence-electron chi connectivity index (χ1n) is 2.70. The van der Waals surface area contributed by atoms with Gasteiger partial charge in [0.1, 0.15) is 0 Å². The molecule has 0 aromatic carbocycles. The van der Waals surface area contributed by atoms with Gasteiger partial charge in [0.2, 0.25) is 0 Å². The third kappa shape index (κ3) is 1.08. The molecule has 2 N–H and O–H groups in total. The van der Waals surface area contributed by atoms with Gasteiger partial charge in [-0.05, 0) is 6.92 Å². The highest BCUT2D eigenvalue weighted by molar-refractivity contribution is 5.10. The molecule has 1 aliphatic rings. The molecule has 0 saturated carbocycles. The summed E-state index contributed by atoms with van der Waals surface area (Å²) in [6.45, 7) is 1.68. The summed E-state index contributed by atoms with van der Waals surface area (Å²) >= 11 is 0. The quantitative estimate of drug-likeness (QED) is 0.437. The van der Waals surface area contributed by atoms with Crippen molar-refractivity contribution >= 4 is 0 Å². The van der Waals surface area contributed by atoms with E-state index in [4.69, 9.17) is 10.2 Å². The zero-order valence-electron chi connectivity index (χ0n) is 4.83. The monoisotopic (exact) mass is 114 g/mol. The number of aliphatic hydroxyl groups is 2. The van der Waals surface area contributed by atoms with Gasteiger partial charge in [-0.15, -0.1) is 0 Å². The molecular formula is C6H10O2. The Kier molecular flexibility index (Phi) is 1.14. The van der Waals surface area contributed by atoms with Gasteiger partial charge in [-0.1, -0.05) is 12.2 Å². The van der Waals surface area contributed by atoms with E-state index in [1.165, 1.54) is 0 Å². The first-order chi connectivity index (χ1) is 3.60. The Morgan fingerprint density at radius 3 is 2.50 bits per heavy atom. The summed E-state index contributed by atoms with van der Waals surface area (Å²) in [5.41, 5.74) is -0.764. The summed E-state index contributed by atoms with van der Waals surface area (Å²) in [6.07, 6.45) is 3.23. The van der Waals surface area contributed by atoms with Crippen LogP contribution in [0.25, 0.3) is 0 Å². The number of hydrogen-bond acceptors (Lipinski definition) is 2. The van der Waals surface area contributed by atoms with Crippen LogP contribution in [-0.2, 0) is 0 Å². The lowest BCUT2D eigenvalue weighted by molar-refractivity contribution is 0.0745. The van der Waals surface area contributed by atoms with Crippen LogP contribution in [0.5, 0.6) is 0 Å². The Morgan fingerprint density at radius 2 is 2.38 bits per heavy atom. The van der Waals surface area contributed by atoms with Crippen LogP contribution in [-0.4, -0.2) is 21.9 Å². The van der Waals surface area contributed by atoms with Crippen LogP contribution in [0.15, 0.2) is 12.2 Å². The molecule has 0 aliphatic heterocycles. The highest BCUT2D eigenvalue weighted by Crippen LogP contribution is 2.20. The summed E-state index contributed by atoms with van der Waals surface area (Å²) in [5, 5.41) is 17.9. The average molecular weight is 114 g/mol. The lowest BCUT2D eigenvalue weighted by Crippen LogP contribution is -2.19. The fourth-order valence-electron chi connectivity index (χ4n) is 0.878. The van der Waals surface area contributed by atoms with Crippen LogP contribution in [0.4, 0.5) is 0 Å². The van der Waals surface area contributed by atoms with Crippen LogP contribution in [0.1, 0.15) is 13.3 Å². The standard InChI is InChI=1S/C6H10O2/c1-6(8)3-2-5(7)4-6/h2-3,5,7-8H,4H2,1H3/t5-,6+/m0/s1. The van der Waals surface area contributed by atoms with E-state index in [1.807, 2.05) is 0 Å². The van der Waals surface area contributed by atoms with Gasteiger partial charge in [-0.2, -0.15) is 0 Å². The largest absolute Gasteiger partial charge is 0.389 e. The molecule has 0 aromatic rings. The zero-order chi connectivity index (χ0) is 6.20. The summed E-state index contributed by atoms with van der Waals surface area (Å²) in [5.74, 6) is 0. The molecule has 2 heteroatoms. The van der Waals surface area contributed by atoms with Gasteiger partial charge in [0.25, 0.3) is 0 Å². The lowest BCUT2D eigenvalue weighted by atomic mass is 10.1. The summed E-state index contributed by atoms with van der Waals surface area (Å²) < 4.78 is 0. The van der Waals surface area contributed by atoms with E-state index in [1.54, 1.807) is 19.1 Å². The van der Waals surface area contributed by atoms with Crippen molar-refractivity contribution in [2.75, 3.05) is 0 Å². The van der Waals surface area contributed by atoms with Crippen LogP contribution in [0.2, 0.25) is 0 Å². The molecule has 1 aliphatic carbocycles. The lowest BCUT2D eigenvalue weighted by Gasteiger charge is -2.12. The maximum Gasteiger partial charge on any atom is 0.0828 e. The summed E-state index contributed by atoms with van der Waals surface area (Å²) in [4.78, 5) is 0. The van der Waals surface area contributed by atoms with Crippen molar-refractivity contribution < 1.29 is 10.2 Å².